The van der Waals surface area contributed by atoms with Gasteiger partial charge >= 0.3 is 5.97 Å². The zero-order valence-corrected chi connectivity index (χ0v) is 13.2. The maximum Gasteiger partial charge on any atom is 0.316 e. The number of carbonyl (C=O) groups excluding carboxylic acids is 1. The SMILES string of the molecule is O=C(CC=NOCc1ccc([N+](=O)[O-])cc1)Oc1ccc(Cl)cc1. The molecular weight excluding hydrogens is 336 g/mol. The van der Waals surface area contributed by atoms with Gasteiger partial charge in [0.1, 0.15) is 12.4 Å². The Bertz CT molecular complexity index is 729. The van der Waals surface area contributed by atoms with Gasteiger partial charge in [0.05, 0.1) is 17.6 Å². The first kappa shape index (κ1) is 17.4. The van der Waals surface area contributed by atoms with Crippen molar-refractivity contribution in [2.75, 3.05) is 0 Å². The van der Waals surface area contributed by atoms with Crippen LogP contribution in [0.15, 0.2) is 53.7 Å². The summed E-state index contributed by atoms with van der Waals surface area (Å²) in [6, 6.07) is 12.3. The summed E-state index contributed by atoms with van der Waals surface area (Å²) >= 11 is 5.73. The zero-order valence-electron chi connectivity index (χ0n) is 12.4. The Morgan fingerprint density at radius 1 is 1.17 bits per heavy atom. The van der Waals surface area contributed by atoms with Crippen LogP contribution in [-0.4, -0.2) is 17.1 Å². The normalized spacial score (nSPS) is 10.5. The number of carbonyl (C=O) groups is 1. The van der Waals surface area contributed by atoms with Crippen molar-refractivity contribution < 1.29 is 19.3 Å². The number of nitro benzene ring substituents is 1. The molecule has 8 heteroatoms. The Morgan fingerprint density at radius 2 is 1.83 bits per heavy atom. The van der Waals surface area contributed by atoms with Gasteiger partial charge in [-0.15, -0.1) is 0 Å². The van der Waals surface area contributed by atoms with Gasteiger partial charge in [-0.2, -0.15) is 0 Å². The summed E-state index contributed by atoms with van der Waals surface area (Å²) in [5.74, 6) is -0.0930. The number of nitrogens with zero attached hydrogens (tertiary/aromatic N) is 2. The molecule has 24 heavy (non-hydrogen) atoms. The van der Waals surface area contributed by atoms with Crippen molar-refractivity contribution in [2.45, 2.75) is 13.0 Å². The maximum atomic E-state index is 11.6. The Morgan fingerprint density at radius 3 is 2.46 bits per heavy atom. The molecule has 0 heterocycles. The second-order valence-corrected chi connectivity index (χ2v) is 5.05. The summed E-state index contributed by atoms with van der Waals surface area (Å²) < 4.78 is 5.06. The van der Waals surface area contributed by atoms with Crippen LogP contribution in [0.25, 0.3) is 0 Å². The third-order valence-corrected chi connectivity index (χ3v) is 3.08. The van der Waals surface area contributed by atoms with Gasteiger partial charge in [-0.25, -0.2) is 0 Å². The Kier molecular flexibility index (Phi) is 6.27. The Balaban J connectivity index is 1.71. The predicted molar refractivity (Wildman–Crippen MR) is 88.1 cm³/mol. The Labute approximate surface area is 142 Å². The lowest BCUT2D eigenvalue weighted by Crippen LogP contribution is -2.08. The molecule has 2 aromatic carbocycles. The van der Waals surface area contributed by atoms with E-state index >= 15 is 0 Å². The predicted octanol–water partition coefficient (Wildman–Crippen LogP) is 3.75. The molecule has 0 aliphatic heterocycles. The molecule has 0 unspecified atom stereocenters. The average Bonchev–Trinajstić information content (AvgIpc) is 2.57. The molecule has 0 amide bonds. The maximum absolute atomic E-state index is 11.6. The molecule has 2 aromatic rings. The molecule has 0 bridgehead atoms. The zero-order chi connectivity index (χ0) is 17.4. The third-order valence-electron chi connectivity index (χ3n) is 2.83. The van der Waals surface area contributed by atoms with E-state index in [1.54, 1.807) is 36.4 Å². The summed E-state index contributed by atoms with van der Waals surface area (Å²) in [5.41, 5.74) is 0.730. The largest absolute Gasteiger partial charge is 0.426 e. The van der Waals surface area contributed by atoms with Crippen LogP contribution in [0.3, 0.4) is 0 Å². The summed E-state index contributed by atoms with van der Waals surface area (Å²) in [4.78, 5) is 26.6. The van der Waals surface area contributed by atoms with Gasteiger partial charge in [-0.05, 0) is 42.0 Å². The van der Waals surface area contributed by atoms with Crippen molar-refractivity contribution in [1.29, 1.82) is 0 Å². The number of nitro groups is 1. The summed E-state index contributed by atoms with van der Waals surface area (Å²) in [6.45, 7) is 0.140. The van der Waals surface area contributed by atoms with Crippen molar-refractivity contribution >= 4 is 29.5 Å². The molecule has 0 fully saturated rings. The molecule has 0 saturated carbocycles. The average molecular weight is 349 g/mol. The van der Waals surface area contributed by atoms with Crippen molar-refractivity contribution in [3.63, 3.8) is 0 Å². The monoisotopic (exact) mass is 348 g/mol. The van der Waals surface area contributed by atoms with E-state index in [0.717, 1.165) is 5.56 Å². The number of ether oxygens (including phenoxy) is 1. The van der Waals surface area contributed by atoms with Crippen molar-refractivity contribution in [2.24, 2.45) is 5.16 Å². The molecule has 0 N–H and O–H groups in total. The van der Waals surface area contributed by atoms with Gasteiger partial charge < -0.3 is 9.57 Å². The molecular formula is C16H13ClN2O5. The molecule has 2 rings (SSSR count). The highest BCUT2D eigenvalue weighted by atomic mass is 35.5. The summed E-state index contributed by atoms with van der Waals surface area (Å²) in [5, 5.41) is 14.7. The lowest BCUT2D eigenvalue weighted by Gasteiger charge is -2.02. The van der Waals surface area contributed by atoms with Crippen molar-refractivity contribution in [3.8, 4) is 5.75 Å². The van der Waals surface area contributed by atoms with E-state index in [9.17, 15) is 14.9 Å². The quantitative estimate of drug-likeness (QED) is 0.250. The van der Waals surface area contributed by atoms with Crippen LogP contribution < -0.4 is 4.74 Å². The molecule has 0 atom stereocenters. The molecule has 0 saturated heterocycles. The highest BCUT2D eigenvalue weighted by Crippen LogP contribution is 2.16. The lowest BCUT2D eigenvalue weighted by atomic mass is 10.2. The van der Waals surface area contributed by atoms with E-state index in [2.05, 4.69) is 5.16 Å². The van der Waals surface area contributed by atoms with Crippen LogP contribution in [0.1, 0.15) is 12.0 Å². The first-order chi connectivity index (χ1) is 11.5. The van der Waals surface area contributed by atoms with Crippen LogP contribution in [-0.2, 0) is 16.2 Å². The Hall–Kier alpha value is -2.93. The van der Waals surface area contributed by atoms with Gasteiger partial charge in [-0.3, -0.25) is 14.9 Å². The highest BCUT2D eigenvalue weighted by Gasteiger charge is 2.04. The number of halogens is 1. The van der Waals surface area contributed by atoms with Crippen molar-refractivity contribution in [3.05, 3.63) is 69.2 Å². The third kappa shape index (κ3) is 5.69. The van der Waals surface area contributed by atoms with E-state index in [1.807, 2.05) is 0 Å². The minimum atomic E-state index is -0.486. The van der Waals surface area contributed by atoms with Crippen LogP contribution in [0, 0.1) is 10.1 Å². The highest BCUT2D eigenvalue weighted by molar-refractivity contribution is 6.30. The van der Waals surface area contributed by atoms with Gasteiger partial charge in [0.25, 0.3) is 5.69 Å². The molecule has 0 radical (unpaired) electrons. The molecule has 0 aliphatic rings. The van der Waals surface area contributed by atoms with E-state index in [4.69, 9.17) is 21.2 Å². The standard InChI is InChI=1S/C16H13ClN2O5/c17-13-3-7-15(8-4-13)24-16(20)9-10-18-23-11-12-1-5-14(6-2-12)19(21)22/h1-8,10H,9,11H2. The number of rotatable bonds is 7. The minimum absolute atomic E-state index is 0.00666. The smallest absolute Gasteiger partial charge is 0.316 e. The topological polar surface area (TPSA) is 91.0 Å². The molecule has 0 spiro atoms. The fourth-order valence-corrected chi connectivity index (χ4v) is 1.79. The summed E-state index contributed by atoms with van der Waals surface area (Å²) in [6.07, 6.45) is 1.23. The van der Waals surface area contributed by atoms with E-state index < -0.39 is 10.9 Å². The second kappa shape index (κ2) is 8.64. The van der Waals surface area contributed by atoms with Gasteiger partial charge in [0, 0.05) is 17.2 Å². The number of non-ortho nitro benzene ring substituents is 1. The number of esters is 1. The van der Waals surface area contributed by atoms with E-state index in [1.165, 1.54) is 18.3 Å². The number of benzene rings is 2. The number of hydrogen-bond donors (Lipinski definition) is 0. The lowest BCUT2D eigenvalue weighted by molar-refractivity contribution is -0.384. The van der Waals surface area contributed by atoms with Crippen LogP contribution in [0.4, 0.5) is 5.69 Å². The minimum Gasteiger partial charge on any atom is -0.426 e. The first-order valence-corrected chi connectivity index (χ1v) is 7.26. The number of oxime groups is 1. The van der Waals surface area contributed by atoms with Gasteiger partial charge in [-0.1, -0.05) is 16.8 Å². The van der Waals surface area contributed by atoms with Crippen LogP contribution in [0.2, 0.25) is 5.02 Å². The van der Waals surface area contributed by atoms with Gasteiger partial charge in [0.15, 0.2) is 0 Å². The molecule has 7 nitrogen and oxygen atoms in total. The first-order valence-electron chi connectivity index (χ1n) is 6.88. The molecule has 124 valence electrons. The van der Waals surface area contributed by atoms with Crippen molar-refractivity contribution in [1.82, 2.24) is 0 Å². The van der Waals surface area contributed by atoms with Gasteiger partial charge in [0.2, 0.25) is 0 Å². The second-order valence-electron chi connectivity index (χ2n) is 4.62. The fraction of sp³-hybridized carbons (Fsp3) is 0.125. The molecule has 0 aliphatic carbocycles. The number of hydrogen-bond acceptors (Lipinski definition) is 6. The van der Waals surface area contributed by atoms with Crippen LogP contribution >= 0.6 is 11.6 Å². The summed E-state index contributed by atoms with van der Waals surface area (Å²) in [7, 11) is 0. The van der Waals surface area contributed by atoms with E-state index in [-0.39, 0.29) is 18.7 Å². The van der Waals surface area contributed by atoms with Crippen LogP contribution in [0.5, 0.6) is 5.75 Å². The molecule has 0 aromatic heterocycles. The van der Waals surface area contributed by atoms with E-state index in [0.29, 0.717) is 10.8 Å². The fourth-order valence-electron chi connectivity index (χ4n) is 1.67.